The van der Waals surface area contributed by atoms with Gasteiger partial charge in [0.1, 0.15) is 0 Å². The Bertz CT molecular complexity index is 1370. The van der Waals surface area contributed by atoms with Crippen molar-refractivity contribution < 1.29 is 23.9 Å². The van der Waals surface area contributed by atoms with E-state index in [2.05, 4.69) is 34.9 Å². The molecule has 1 saturated heterocycles. The van der Waals surface area contributed by atoms with Crippen molar-refractivity contribution in [2.75, 3.05) is 20.2 Å². The van der Waals surface area contributed by atoms with Crippen molar-refractivity contribution in [2.24, 2.45) is 11.8 Å². The van der Waals surface area contributed by atoms with Crippen LogP contribution >= 0.6 is 0 Å². The van der Waals surface area contributed by atoms with Crippen molar-refractivity contribution in [3.05, 3.63) is 107 Å². The molecule has 3 amide bonds. The summed E-state index contributed by atoms with van der Waals surface area (Å²) >= 11 is 0. The van der Waals surface area contributed by atoms with Crippen LogP contribution in [0.5, 0.6) is 0 Å². The van der Waals surface area contributed by atoms with Gasteiger partial charge in [-0.1, -0.05) is 60.7 Å². The molecular formula is C33H33N3O5. The summed E-state index contributed by atoms with van der Waals surface area (Å²) in [5.41, 5.74) is 3.10. The Morgan fingerprint density at radius 1 is 0.659 bits per heavy atom. The second kappa shape index (κ2) is 11.2. The summed E-state index contributed by atoms with van der Waals surface area (Å²) in [7, 11) is 1.30. The Morgan fingerprint density at radius 2 is 1.10 bits per heavy atom. The highest BCUT2D eigenvalue weighted by Crippen LogP contribution is 2.42. The number of carbonyl (C=O) groups excluding carboxylic acids is 4. The molecule has 3 aromatic rings. The van der Waals surface area contributed by atoms with Gasteiger partial charge in [-0.25, -0.2) is 4.79 Å². The maximum absolute atomic E-state index is 13.6. The number of amides is 3. The fourth-order valence-corrected chi connectivity index (χ4v) is 5.98. The van der Waals surface area contributed by atoms with Crippen LogP contribution in [0.2, 0.25) is 0 Å². The lowest BCUT2D eigenvalue weighted by Gasteiger charge is -2.18. The summed E-state index contributed by atoms with van der Waals surface area (Å²) in [4.78, 5) is 53.9. The molecule has 3 aliphatic rings. The van der Waals surface area contributed by atoms with Gasteiger partial charge >= 0.3 is 5.97 Å². The smallest absolute Gasteiger partial charge is 0.337 e. The van der Waals surface area contributed by atoms with Gasteiger partial charge in [-0.05, 0) is 48.2 Å². The number of ether oxygens (including phenoxy) is 1. The standard InChI is InChI=1S/C33H33N3O5/c1-41-33(40)23-14-12-22(13-15-23)32(39)36-18-26(30(37)34-28-16-24(28)20-8-4-2-5-9-20)27(19-36)31(38)35-29-17-25(29)21-10-6-3-7-11-21/h2-15,24-29H,16-19H2,1H3,(H,34,37)(H,35,38)/t24-,25-,26-,27-,28+,29+/m0/s1. The van der Waals surface area contributed by atoms with Crippen LogP contribution in [0.3, 0.4) is 0 Å². The van der Waals surface area contributed by atoms with E-state index in [9.17, 15) is 19.2 Å². The van der Waals surface area contributed by atoms with Gasteiger partial charge in [-0.3, -0.25) is 14.4 Å². The second-order valence-electron chi connectivity index (χ2n) is 11.2. The number of nitrogens with one attached hydrogen (secondary N) is 2. The minimum Gasteiger partial charge on any atom is -0.465 e. The van der Waals surface area contributed by atoms with Crippen molar-refractivity contribution >= 4 is 23.7 Å². The average Bonchev–Trinajstić information content (AvgIpc) is 3.92. The van der Waals surface area contributed by atoms with E-state index in [4.69, 9.17) is 4.74 Å². The molecule has 3 fully saturated rings. The van der Waals surface area contributed by atoms with E-state index in [0.717, 1.165) is 12.8 Å². The third kappa shape index (κ3) is 5.73. The monoisotopic (exact) mass is 551 g/mol. The van der Waals surface area contributed by atoms with E-state index in [1.807, 2.05) is 36.4 Å². The summed E-state index contributed by atoms with van der Waals surface area (Å²) < 4.78 is 4.74. The Kier molecular flexibility index (Phi) is 7.30. The topological polar surface area (TPSA) is 105 Å². The second-order valence-corrected chi connectivity index (χ2v) is 11.2. The maximum Gasteiger partial charge on any atom is 0.337 e. The van der Waals surface area contributed by atoms with Crippen LogP contribution in [0.15, 0.2) is 84.9 Å². The predicted octanol–water partition coefficient (Wildman–Crippen LogP) is 3.51. The Labute approximate surface area is 239 Å². The molecule has 1 aliphatic heterocycles. The van der Waals surface area contributed by atoms with E-state index < -0.39 is 17.8 Å². The molecule has 2 aliphatic carbocycles. The third-order valence-corrected chi connectivity index (χ3v) is 8.53. The van der Waals surface area contributed by atoms with Crippen LogP contribution < -0.4 is 10.6 Å². The summed E-state index contributed by atoms with van der Waals surface area (Å²) in [6, 6.07) is 26.4. The Hall–Kier alpha value is -4.46. The minimum atomic E-state index is -0.653. The van der Waals surface area contributed by atoms with Gasteiger partial charge in [0.2, 0.25) is 11.8 Å². The number of hydrogen-bond acceptors (Lipinski definition) is 5. The fraction of sp³-hybridized carbons (Fsp3) is 0.333. The van der Waals surface area contributed by atoms with E-state index in [1.165, 1.54) is 30.4 Å². The van der Waals surface area contributed by atoms with Gasteiger partial charge in [0.25, 0.3) is 5.91 Å². The molecule has 6 rings (SSSR count). The third-order valence-electron chi connectivity index (χ3n) is 8.53. The average molecular weight is 552 g/mol. The van der Waals surface area contributed by atoms with E-state index >= 15 is 0 Å². The predicted molar refractivity (Wildman–Crippen MR) is 152 cm³/mol. The molecule has 0 unspecified atom stereocenters. The lowest BCUT2D eigenvalue weighted by Crippen LogP contribution is -2.43. The molecule has 1 heterocycles. The lowest BCUT2D eigenvalue weighted by molar-refractivity contribution is -0.133. The molecule has 210 valence electrons. The summed E-state index contributed by atoms with van der Waals surface area (Å²) in [6.45, 7) is 0.300. The highest BCUT2D eigenvalue weighted by Gasteiger charge is 2.48. The van der Waals surface area contributed by atoms with Gasteiger partial charge in [0, 0.05) is 42.6 Å². The van der Waals surface area contributed by atoms with E-state index in [0.29, 0.717) is 11.1 Å². The van der Waals surface area contributed by atoms with Gasteiger partial charge in [-0.2, -0.15) is 0 Å². The zero-order valence-electron chi connectivity index (χ0n) is 22.9. The van der Waals surface area contributed by atoms with Crippen LogP contribution in [-0.2, 0) is 14.3 Å². The van der Waals surface area contributed by atoms with Crippen LogP contribution in [0.4, 0.5) is 0 Å². The first-order valence-corrected chi connectivity index (χ1v) is 14.1. The SMILES string of the molecule is COC(=O)c1ccc(C(=O)N2C[C@H](C(=O)N[C@@H]3C[C@H]3c3ccccc3)[C@@H](C(=O)N[C@@H]3C[C@H]3c3ccccc3)C2)cc1. The molecule has 3 aromatic carbocycles. The summed E-state index contributed by atoms with van der Waals surface area (Å²) in [5.74, 6) is -1.94. The fourth-order valence-electron chi connectivity index (χ4n) is 5.98. The molecule has 2 N–H and O–H groups in total. The zero-order chi connectivity index (χ0) is 28.5. The highest BCUT2D eigenvalue weighted by atomic mass is 16.5. The van der Waals surface area contributed by atoms with Crippen LogP contribution in [0.25, 0.3) is 0 Å². The van der Waals surface area contributed by atoms with Crippen molar-refractivity contribution in [2.45, 2.75) is 36.8 Å². The molecule has 0 radical (unpaired) electrons. The Morgan fingerprint density at radius 3 is 1.54 bits per heavy atom. The van der Waals surface area contributed by atoms with Crippen LogP contribution in [0, 0.1) is 11.8 Å². The first-order chi connectivity index (χ1) is 19.9. The maximum atomic E-state index is 13.6. The first-order valence-electron chi connectivity index (χ1n) is 14.1. The van der Waals surface area contributed by atoms with E-state index in [1.54, 1.807) is 17.0 Å². The van der Waals surface area contributed by atoms with Crippen molar-refractivity contribution in [3.63, 3.8) is 0 Å². The van der Waals surface area contributed by atoms with Crippen LogP contribution in [0.1, 0.15) is 56.5 Å². The number of benzene rings is 3. The molecular weight excluding hydrogens is 518 g/mol. The molecule has 0 aromatic heterocycles. The molecule has 0 bridgehead atoms. The molecule has 8 heteroatoms. The number of nitrogens with zero attached hydrogens (tertiary/aromatic N) is 1. The molecule has 0 spiro atoms. The summed E-state index contributed by atoms with van der Waals surface area (Å²) in [5, 5.41) is 6.30. The van der Waals surface area contributed by atoms with Crippen molar-refractivity contribution in [1.29, 1.82) is 0 Å². The molecule has 2 saturated carbocycles. The van der Waals surface area contributed by atoms with Gasteiger partial charge < -0.3 is 20.3 Å². The molecule has 8 nitrogen and oxygen atoms in total. The van der Waals surface area contributed by atoms with Gasteiger partial charge in [0.05, 0.1) is 24.5 Å². The molecule has 41 heavy (non-hydrogen) atoms. The molecule has 6 atom stereocenters. The van der Waals surface area contributed by atoms with Crippen molar-refractivity contribution in [3.8, 4) is 0 Å². The number of rotatable bonds is 8. The Balaban J connectivity index is 1.15. The lowest BCUT2D eigenvalue weighted by atomic mass is 9.94. The number of esters is 1. The summed E-state index contributed by atoms with van der Waals surface area (Å²) in [6.07, 6.45) is 1.71. The quantitative estimate of drug-likeness (QED) is 0.417. The number of methoxy groups -OCH3 is 1. The number of likely N-dealkylation sites (tertiary alicyclic amines) is 1. The normalized spacial score (nSPS) is 26.1. The minimum absolute atomic E-state index is 0.0233. The van der Waals surface area contributed by atoms with Gasteiger partial charge in [0.15, 0.2) is 0 Å². The van der Waals surface area contributed by atoms with E-state index in [-0.39, 0.29) is 54.7 Å². The first kappa shape index (κ1) is 26.7. The van der Waals surface area contributed by atoms with Gasteiger partial charge in [-0.15, -0.1) is 0 Å². The number of carbonyl (C=O) groups is 4. The van der Waals surface area contributed by atoms with Crippen LogP contribution in [-0.4, -0.2) is 60.9 Å². The number of hydrogen-bond donors (Lipinski definition) is 2. The highest BCUT2D eigenvalue weighted by molar-refractivity contribution is 5.98. The van der Waals surface area contributed by atoms with Crippen molar-refractivity contribution in [1.82, 2.24) is 15.5 Å². The largest absolute Gasteiger partial charge is 0.465 e. The zero-order valence-corrected chi connectivity index (χ0v) is 22.9.